The number of aromatic nitrogens is 2. The fourth-order valence-corrected chi connectivity index (χ4v) is 2.29. The summed E-state index contributed by atoms with van der Waals surface area (Å²) in [6.07, 6.45) is 0. The van der Waals surface area contributed by atoms with Gasteiger partial charge in [0.05, 0.1) is 29.0 Å². The van der Waals surface area contributed by atoms with Gasteiger partial charge in [-0.05, 0) is 12.1 Å². The molecule has 4 N–H and O–H groups in total. The van der Waals surface area contributed by atoms with Crippen molar-refractivity contribution in [3.8, 4) is 0 Å². The van der Waals surface area contributed by atoms with Crippen LogP contribution >= 0.6 is 23.3 Å². The summed E-state index contributed by atoms with van der Waals surface area (Å²) in [7, 11) is 0. The number of hydrogen-bond acceptors (Lipinski definition) is 8. The quantitative estimate of drug-likeness (QED) is 0.642. The Morgan fingerprint density at radius 3 is 2.86 bits per heavy atom. The number of nitrogens with zero attached hydrogens (tertiary/aromatic N) is 3. The van der Waals surface area contributed by atoms with Crippen LogP contribution in [0.5, 0.6) is 0 Å². The molecule has 0 unspecified atom stereocenters. The topological polar surface area (TPSA) is 120 Å². The van der Waals surface area contributed by atoms with Gasteiger partial charge in [0.25, 0.3) is 0 Å². The first-order chi connectivity index (χ1) is 10.1. The molecule has 2 heterocycles. The van der Waals surface area contributed by atoms with Crippen molar-refractivity contribution >= 4 is 52.0 Å². The highest BCUT2D eigenvalue weighted by molar-refractivity contribution is 7.00. The van der Waals surface area contributed by atoms with Crippen LogP contribution in [0.2, 0.25) is 5.02 Å². The largest absolute Gasteiger partial charge is 0.480 e. The molecule has 0 spiro atoms. The zero-order chi connectivity index (χ0) is 15.2. The molecule has 0 amide bonds. The summed E-state index contributed by atoms with van der Waals surface area (Å²) in [5.74, 6) is -0.451. The SMILES string of the molecule is Clc1ccc2nsnc2c1NC1=NCCN1.O=C(O)CO. The van der Waals surface area contributed by atoms with E-state index in [2.05, 4.69) is 24.4 Å². The van der Waals surface area contributed by atoms with E-state index in [9.17, 15) is 0 Å². The number of anilines is 1. The summed E-state index contributed by atoms with van der Waals surface area (Å²) in [5.41, 5.74) is 2.39. The molecule has 2 aromatic rings. The van der Waals surface area contributed by atoms with Crippen molar-refractivity contribution < 1.29 is 15.0 Å². The van der Waals surface area contributed by atoms with Crippen molar-refractivity contribution in [3.63, 3.8) is 0 Å². The Bertz CT molecular complexity index is 675. The van der Waals surface area contributed by atoms with E-state index < -0.39 is 12.6 Å². The number of halogens is 1. The van der Waals surface area contributed by atoms with Gasteiger partial charge in [-0.25, -0.2) is 4.79 Å². The predicted octanol–water partition coefficient (Wildman–Crippen LogP) is 0.779. The summed E-state index contributed by atoms with van der Waals surface area (Å²) in [6.45, 7) is 0.858. The van der Waals surface area contributed by atoms with Crippen LogP contribution in [-0.2, 0) is 4.79 Å². The van der Waals surface area contributed by atoms with Crippen molar-refractivity contribution in [2.45, 2.75) is 0 Å². The van der Waals surface area contributed by atoms with Crippen molar-refractivity contribution in [2.75, 3.05) is 25.0 Å². The van der Waals surface area contributed by atoms with Crippen molar-refractivity contribution in [3.05, 3.63) is 17.2 Å². The average Bonchev–Trinajstić information content (AvgIpc) is 3.13. The van der Waals surface area contributed by atoms with E-state index in [1.54, 1.807) is 0 Å². The minimum absolute atomic E-state index is 0.622. The fourth-order valence-electron chi connectivity index (χ4n) is 1.55. The third kappa shape index (κ3) is 4.00. The summed E-state index contributed by atoms with van der Waals surface area (Å²) in [4.78, 5) is 13.4. The Balaban J connectivity index is 0.000000282. The zero-order valence-corrected chi connectivity index (χ0v) is 12.3. The third-order valence-corrected chi connectivity index (χ3v) is 3.29. The van der Waals surface area contributed by atoms with Gasteiger partial charge in [-0.15, -0.1) is 0 Å². The molecule has 8 nitrogen and oxygen atoms in total. The van der Waals surface area contributed by atoms with Gasteiger partial charge >= 0.3 is 5.97 Å². The van der Waals surface area contributed by atoms with Gasteiger partial charge in [-0.2, -0.15) is 8.75 Å². The minimum Gasteiger partial charge on any atom is -0.480 e. The van der Waals surface area contributed by atoms with Gasteiger partial charge in [-0.1, -0.05) is 11.6 Å². The number of aliphatic hydroxyl groups is 1. The number of carboxylic acids is 1. The molecule has 0 saturated carbocycles. The predicted molar refractivity (Wildman–Crippen MR) is 81.1 cm³/mol. The maximum Gasteiger partial charge on any atom is 0.329 e. The lowest BCUT2D eigenvalue weighted by molar-refractivity contribution is -0.140. The van der Waals surface area contributed by atoms with Crippen LogP contribution in [0.3, 0.4) is 0 Å². The number of fused-ring (bicyclic) bond motifs is 1. The fraction of sp³-hybridized carbons (Fsp3) is 0.273. The van der Waals surface area contributed by atoms with Gasteiger partial charge < -0.3 is 20.8 Å². The number of benzene rings is 1. The van der Waals surface area contributed by atoms with Crippen LogP contribution in [0.1, 0.15) is 0 Å². The zero-order valence-electron chi connectivity index (χ0n) is 10.7. The normalized spacial score (nSPS) is 13.1. The maximum absolute atomic E-state index is 9.12. The van der Waals surface area contributed by atoms with Crippen LogP contribution in [0.4, 0.5) is 5.69 Å². The first-order valence-electron chi connectivity index (χ1n) is 5.90. The van der Waals surface area contributed by atoms with Crippen molar-refractivity contribution in [1.29, 1.82) is 0 Å². The molecule has 1 aliphatic rings. The number of rotatable bonds is 2. The van der Waals surface area contributed by atoms with Crippen LogP contribution < -0.4 is 10.6 Å². The Kier molecular flexibility index (Phi) is 5.26. The van der Waals surface area contributed by atoms with Gasteiger partial charge in [0.1, 0.15) is 17.6 Å². The van der Waals surface area contributed by atoms with E-state index in [4.69, 9.17) is 26.6 Å². The second kappa shape index (κ2) is 7.16. The molecule has 3 rings (SSSR count). The van der Waals surface area contributed by atoms with E-state index in [1.165, 1.54) is 11.7 Å². The highest BCUT2D eigenvalue weighted by atomic mass is 35.5. The molecule has 1 aliphatic heterocycles. The van der Waals surface area contributed by atoms with Gasteiger partial charge in [-0.3, -0.25) is 4.99 Å². The Morgan fingerprint density at radius 1 is 1.48 bits per heavy atom. The molecule has 0 atom stereocenters. The molecule has 0 saturated heterocycles. The smallest absolute Gasteiger partial charge is 0.329 e. The lowest BCUT2D eigenvalue weighted by Crippen LogP contribution is -2.26. The number of hydrogen-bond donors (Lipinski definition) is 4. The Hall–Kier alpha value is -1.97. The van der Waals surface area contributed by atoms with Crippen molar-refractivity contribution in [1.82, 2.24) is 14.1 Å². The van der Waals surface area contributed by atoms with Gasteiger partial charge in [0.15, 0.2) is 5.96 Å². The average molecular weight is 330 g/mol. The highest BCUT2D eigenvalue weighted by Crippen LogP contribution is 2.29. The van der Waals surface area contributed by atoms with E-state index in [1.807, 2.05) is 12.1 Å². The molecule has 21 heavy (non-hydrogen) atoms. The number of nitrogens with one attached hydrogen (secondary N) is 2. The number of aliphatic hydroxyl groups excluding tert-OH is 1. The first kappa shape index (κ1) is 15.4. The summed E-state index contributed by atoms with van der Waals surface area (Å²) < 4.78 is 8.39. The number of guanidine groups is 1. The van der Waals surface area contributed by atoms with Gasteiger partial charge in [0, 0.05) is 6.54 Å². The number of aliphatic imine (C=N–C) groups is 1. The molecule has 1 aromatic heterocycles. The van der Waals surface area contributed by atoms with E-state index in [0.717, 1.165) is 35.8 Å². The Morgan fingerprint density at radius 2 is 2.24 bits per heavy atom. The van der Waals surface area contributed by atoms with Gasteiger partial charge in [0.2, 0.25) is 0 Å². The monoisotopic (exact) mass is 329 g/mol. The Labute approximate surface area is 128 Å². The standard InChI is InChI=1S/C9H8ClN5S.C2H4O3/c10-5-1-2-6-8(15-16-14-6)7(5)13-9-11-3-4-12-9;3-1-2(4)5/h1-2H,3-4H2,(H2,11,12,13);3H,1H2,(H,4,5). The third-order valence-electron chi connectivity index (χ3n) is 2.43. The second-order valence-corrected chi connectivity index (χ2v) is 4.82. The summed E-state index contributed by atoms with van der Waals surface area (Å²) in [6, 6.07) is 3.67. The molecular weight excluding hydrogens is 318 g/mol. The molecule has 10 heteroatoms. The molecule has 1 aromatic carbocycles. The summed E-state index contributed by atoms with van der Waals surface area (Å²) >= 11 is 7.30. The van der Waals surface area contributed by atoms with Crippen LogP contribution in [0.15, 0.2) is 17.1 Å². The number of carboxylic acid groups (broad SMARTS) is 1. The molecule has 0 radical (unpaired) electrons. The summed E-state index contributed by atoms with van der Waals surface area (Å²) in [5, 5.41) is 21.9. The van der Waals surface area contributed by atoms with Crippen molar-refractivity contribution in [2.24, 2.45) is 4.99 Å². The van der Waals surface area contributed by atoms with E-state index in [0.29, 0.717) is 5.02 Å². The maximum atomic E-state index is 9.12. The van der Waals surface area contributed by atoms with E-state index in [-0.39, 0.29) is 0 Å². The lowest BCUT2D eigenvalue weighted by Gasteiger charge is -2.08. The van der Waals surface area contributed by atoms with Crippen LogP contribution in [-0.4, -0.2) is 50.6 Å². The van der Waals surface area contributed by atoms with Crippen LogP contribution in [0.25, 0.3) is 11.0 Å². The number of carbonyl (C=O) groups is 1. The first-order valence-corrected chi connectivity index (χ1v) is 7.01. The van der Waals surface area contributed by atoms with Crippen LogP contribution in [0, 0.1) is 0 Å². The molecule has 0 bridgehead atoms. The molecule has 0 aliphatic carbocycles. The minimum atomic E-state index is -1.19. The van der Waals surface area contributed by atoms with E-state index >= 15 is 0 Å². The molecule has 112 valence electrons. The molecular formula is C11H12ClN5O3S. The number of aliphatic carboxylic acids is 1. The lowest BCUT2D eigenvalue weighted by atomic mass is 10.2. The highest BCUT2D eigenvalue weighted by Gasteiger charge is 2.13. The second-order valence-electron chi connectivity index (χ2n) is 3.89. The molecule has 0 fully saturated rings.